The summed E-state index contributed by atoms with van der Waals surface area (Å²) < 4.78 is 14.0. The van der Waals surface area contributed by atoms with Crippen LogP contribution in [0, 0.1) is 17.1 Å². The van der Waals surface area contributed by atoms with Crippen molar-refractivity contribution in [1.82, 2.24) is 9.88 Å². The van der Waals surface area contributed by atoms with Crippen molar-refractivity contribution in [1.29, 1.82) is 5.26 Å². The Morgan fingerprint density at radius 2 is 2.08 bits per heavy atom. The molecule has 25 heavy (non-hydrogen) atoms. The number of aromatic nitrogens is 1. The van der Waals surface area contributed by atoms with Crippen molar-refractivity contribution in [2.24, 2.45) is 0 Å². The van der Waals surface area contributed by atoms with Crippen LogP contribution in [0.3, 0.4) is 0 Å². The number of pyridine rings is 1. The van der Waals surface area contributed by atoms with Crippen LogP contribution in [-0.2, 0) is 6.54 Å². The third kappa shape index (κ3) is 3.95. The molecule has 0 bridgehead atoms. The smallest absolute Gasteiger partial charge is 0.146 e. The molecule has 1 aliphatic heterocycles. The molecule has 0 unspecified atom stereocenters. The van der Waals surface area contributed by atoms with Crippen molar-refractivity contribution in [3.05, 3.63) is 59.5 Å². The van der Waals surface area contributed by atoms with Gasteiger partial charge in [-0.3, -0.25) is 4.90 Å². The second-order valence-electron chi connectivity index (χ2n) is 6.16. The minimum Gasteiger partial charge on any atom is -0.396 e. The van der Waals surface area contributed by atoms with Gasteiger partial charge in [0.2, 0.25) is 0 Å². The van der Waals surface area contributed by atoms with Crippen molar-refractivity contribution in [2.45, 2.75) is 19.0 Å². The Kier molecular flexibility index (Phi) is 5.59. The van der Waals surface area contributed by atoms with E-state index in [1.54, 1.807) is 30.5 Å². The monoisotopic (exact) mass is 340 g/mol. The van der Waals surface area contributed by atoms with E-state index in [2.05, 4.69) is 20.9 Å². The molecule has 0 spiro atoms. The minimum atomic E-state index is -0.204. The lowest BCUT2D eigenvalue weighted by atomic mass is 10.1. The van der Waals surface area contributed by atoms with Crippen molar-refractivity contribution in [3.63, 3.8) is 0 Å². The summed E-state index contributed by atoms with van der Waals surface area (Å²) in [7, 11) is 0. The van der Waals surface area contributed by atoms with Crippen LogP contribution >= 0.6 is 0 Å². The molecule has 1 saturated heterocycles. The third-order valence-electron chi connectivity index (χ3n) is 4.60. The summed E-state index contributed by atoms with van der Waals surface area (Å²) in [5.74, 6) is 0.475. The standard InChI is InChI=1S/C19H21FN4O/c20-18-6-2-1-4-16(18)13-23-9-10-24(14-17(23)7-11-25)19-15(12-21)5-3-8-22-19/h1-6,8,17,25H,7,9-11,13-14H2/t17-/m1/s1. The van der Waals surface area contributed by atoms with E-state index in [-0.39, 0.29) is 18.5 Å². The van der Waals surface area contributed by atoms with Crippen LogP contribution in [0.2, 0.25) is 0 Å². The SMILES string of the molecule is N#Cc1cccnc1N1CCN(Cc2ccccc2F)[C@H](CCO)C1. The number of halogens is 1. The van der Waals surface area contributed by atoms with Crippen molar-refractivity contribution in [2.75, 3.05) is 31.1 Å². The highest BCUT2D eigenvalue weighted by atomic mass is 19.1. The second-order valence-corrected chi connectivity index (χ2v) is 6.16. The molecule has 3 rings (SSSR count). The first kappa shape index (κ1) is 17.3. The minimum absolute atomic E-state index is 0.0691. The first-order chi connectivity index (χ1) is 12.2. The number of nitrogens with zero attached hydrogens (tertiary/aromatic N) is 4. The molecule has 130 valence electrons. The molecule has 2 heterocycles. The molecule has 0 aliphatic carbocycles. The predicted octanol–water partition coefficient (Wildman–Crippen LogP) is 2.17. The number of hydrogen-bond acceptors (Lipinski definition) is 5. The van der Waals surface area contributed by atoms with Gasteiger partial charge in [0, 0.05) is 50.6 Å². The van der Waals surface area contributed by atoms with Gasteiger partial charge >= 0.3 is 0 Å². The lowest BCUT2D eigenvalue weighted by Crippen LogP contribution is -2.53. The lowest BCUT2D eigenvalue weighted by molar-refractivity contribution is 0.134. The molecule has 1 N–H and O–H groups in total. The first-order valence-corrected chi connectivity index (χ1v) is 8.41. The van der Waals surface area contributed by atoms with Crippen LogP contribution in [0.4, 0.5) is 10.2 Å². The zero-order valence-corrected chi connectivity index (χ0v) is 14.0. The zero-order valence-electron chi connectivity index (χ0n) is 14.0. The summed E-state index contributed by atoms with van der Waals surface area (Å²) in [6, 6.07) is 12.6. The van der Waals surface area contributed by atoms with Crippen LogP contribution in [0.5, 0.6) is 0 Å². The normalized spacial score (nSPS) is 18.1. The van der Waals surface area contributed by atoms with Gasteiger partial charge in [0.15, 0.2) is 0 Å². The number of benzene rings is 1. The molecular weight excluding hydrogens is 319 g/mol. The van der Waals surface area contributed by atoms with Gasteiger partial charge in [-0.15, -0.1) is 0 Å². The summed E-state index contributed by atoms with van der Waals surface area (Å²) in [6.45, 7) is 2.67. The van der Waals surface area contributed by atoms with Crippen molar-refractivity contribution >= 4 is 5.82 Å². The topological polar surface area (TPSA) is 63.4 Å². The lowest BCUT2D eigenvalue weighted by Gasteiger charge is -2.42. The Labute approximate surface area is 146 Å². The zero-order chi connectivity index (χ0) is 17.6. The van der Waals surface area contributed by atoms with Gasteiger partial charge in [0.25, 0.3) is 0 Å². The van der Waals surface area contributed by atoms with E-state index in [4.69, 9.17) is 0 Å². The van der Waals surface area contributed by atoms with E-state index in [1.165, 1.54) is 6.07 Å². The highest BCUT2D eigenvalue weighted by Gasteiger charge is 2.28. The fraction of sp³-hybridized carbons (Fsp3) is 0.368. The Bertz CT molecular complexity index is 761. The van der Waals surface area contributed by atoms with Gasteiger partial charge < -0.3 is 10.0 Å². The molecule has 0 amide bonds. The maximum Gasteiger partial charge on any atom is 0.146 e. The van der Waals surface area contributed by atoms with Crippen LogP contribution < -0.4 is 4.90 Å². The molecule has 5 nitrogen and oxygen atoms in total. The van der Waals surface area contributed by atoms with Crippen LogP contribution in [0.1, 0.15) is 17.5 Å². The van der Waals surface area contributed by atoms with Gasteiger partial charge in [-0.2, -0.15) is 5.26 Å². The summed E-state index contributed by atoms with van der Waals surface area (Å²) >= 11 is 0. The van der Waals surface area contributed by atoms with E-state index in [9.17, 15) is 14.8 Å². The quantitative estimate of drug-likeness (QED) is 0.904. The molecule has 1 aliphatic rings. The summed E-state index contributed by atoms with van der Waals surface area (Å²) in [5.41, 5.74) is 1.21. The van der Waals surface area contributed by atoms with Gasteiger partial charge in [-0.05, 0) is 24.6 Å². The molecule has 1 aromatic heterocycles. The van der Waals surface area contributed by atoms with Gasteiger partial charge in [-0.1, -0.05) is 18.2 Å². The maximum absolute atomic E-state index is 14.0. The molecule has 0 radical (unpaired) electrons. The van der Waals surface area contributed by atoms with Crippen LogP contribution in [-0.4, -0.2) is 47.3 Å². The van der Waals surface area contributed by atoms with E-state index in [0.29, 0.717) is 43.0 Å². The average molecular weight is 340 g/mol. The Morgan fingerprint density at radius 1 is 1.24 bits per heavy atom. The van der Waals surface area contributed by atoms with Gasteiger partial charge in [-0.25, -0.2) is 9.37 Å². The maximum atomic E-state index is 14.0. The summed E-state index contributed by atoms with van der Waals surface area (Å²) in [6.07, 6.45) is 2.28. The molecule has 2 aromatic rings. The predicted molar refractivity (Wildman–Crippen MR) is 93.5 cm³/mol. The van der Waals surface area contributed by atoms with E-state index in [1.807, 2.05) is 6.07 Å². The van der Waals surface area contributed by atoms with Crippen LogP contribution in [0.15, 0.2) is 42.6 Å². The second kappa shape index (κ2) is 8.06. The summed E-state index contributed by atoms with van der Waals surface area (Å²) in [5, 5.41) is 18.7. The molecular formula is C19H21FN4O. The third-order valence-corrected chi connectivity index (χ3v) is 4.60. The number of rotatable bonds is 5. The van der Waals surface area contributed by atoms with E-state index in [0.717, 1.165) is 6.54 Å². The fourth-order valence-electron chi connectivity index (χ4n) is 3.30. The van der Waals surface area contributed by atoms with E-state index < -0.39 is 0 Å². The largest absolute Gasteiger partial charge is 0.396 e. The van der Waals surface area contributed by atoms with Crippen LogP contribution in [0.25, 0.3) is 0 Å². The van der Waals surface area contributed by atoms with Gasteiger partial charge in [0.05, 0.1) is 5.56 Å². The highest BCUT2D eigenvalue weighted by molar-refractivity contribution is 5.53. The highest BCUT2D eigenvalue weighted by Crippen LogP contribution is 2.23. The average Bonchev–Trinajstić information content (AvgIpc) is 2.65. The van der Waals surface area contributed by atoms with Crippen molar-refractivity contribution in [3.8, 4) is 6.07 Å². The first-order valence-electron chi connectivity index (χ1n) is 8.41. The molecule has 1 aromatic carbocycles. The number of hydrogen-bond donors (Lipinski definition) is 1. The molecule has 0 saturated carbocycles. The number of nitriles is 1. The Hall–Kier alpha value is -2.49. The number of anilines is 1. The number of piperazine rings is 1. The molecule has 6 heteroatoms. The Balaban J connectivity index is 1.77. The molecule has 1 fully saturated rings. The van der Waals surface area contributed by atoms with E-state index >= 15 is 0 Å². The summed E-state index contributed by atoms with van der Waals surface area (Å²) in [4.78, 5) is 8.63. The fourth-order valence-corrected chi connectivity index (χ4v) is 3.30. The Morgan fingerprint density at radius 3 is 2.84 bits per heavy atom. The number of aliphatic hydroxyl groups excluding tert-OH is 1. The number of aliphatic hydroxyl groups is 1. The molecule has 1 atom stereocenters. The van der Waals surface area contributed by atoms with Gasteiger partial charge in [0.1, 0.15) is 17.7 Å². The van der Waals surface area contributed by atoms with Crippen molar-refractivity contribution < 1.29 is 9.50 Å².